The molecule has 1 aliphatic heterocycles. The second kappa shape index (κ2) is 6.26. The van der Waals surface area contributed by atoms with Gasteiger partial charge in [-0.05, 0) is 30.3 Å². The quantitative estimate of drug-likeness (QED) is 0.470. The molecule has 0 unspecified atom stereocenters. The van der Waals surface area contributed by atoms with Gasteiger partial charge in [-0.25, -0.2) is 0 Å². The van der Waals surface area contributed by atoms with Gasteiger partial charge >= 0.3 is 0 Å². The van der Waals surface area contributed by atoms with Crippen LogP contribution in [0.15, 0.2) is 53.6 Å². The molecule has 0 spiro atoms. The Hall–Kier alpha value is -2.59. The summed E-state index contributed by atoms with van der Waals surface area (Å²) in [6.07, 6.45) is 3.29. The highest BCUT2D eigenvalue weighted by molar-refractivity contribution is 6.35. The molecule has 1 aliphatic rings. The number of fused-ring (bicyclic) bond motifs is 2. The largest absolute Gasteiger partial charge is 0.456 e. The lowest BCUT2D eigenvalue weighted by Gasteiger charge is -2.07. The number of ether oxygens (including phenoxy) is 1. The summed E-state index contributed by atoms with van der Waals surface area (Å²) in [5.74, 6) is 0.990. The average molecular weight is 327 g/mol. The molecule has 0 saturated carbocycles. The van der Waals surface area contributed by atoms with E-state index in [0.717, 1.165) is 5.56 Å². The van der Waals surface area contributed by atoms with E-state index in [1.54, 1.807) is 35.5 Å². The Morgan fingerprint density at radius 3 is 2.61 bits per heavy atom. The van der Waals surface area contributed by atoms with Gasteiger partial charge in [0, 0.05) is 36.5 Å². The van der Waals surface area contributed by atoms with Crippen molar-refractivity contribution in [1.29, 1.82) is 0 Å². The topological polar surface area (TPSA) is 41.9 Å². The summed E-state index contributed by atoms with van der Waals surface area (Å²) in [5.41, 5.74) is 1.69. The molecule has 1 heterocycles. The highest BCUT2D eigenvalue weighted by atomic mass is 35.5. The van der Waals surface area contributed by atoms with Crippen molar-refractivity contribution in [2.24, 2.45) is 5.10 Å². The lowest BCUT2D eigenvalue weighted by atomic mass is 9.96. The van der Waals surface area contributed by atoms with Crippen molar-refractivity contribution in [2.75, 3.05) is 14.1 Å². The van der Waals surface area contributed by atoms with Crippen LogP contribution in [-0.2, 0) is 0 Å². The van der Waals surface area contributed by atoms with Gasteiger partial charge in [0.2, 0.25) is 0 Å². The van der Waals surface area contributed by atoms with Crippen LogP contribution in [0.5, 0.6) is 11.5 Å². The summed E-state index contributed by atoms with van der Waals surface area (Å²) in [6.45, 7) is 0. The second-order valence-corrected chi connectivity index (χ2v) is 5.70. The number of ketones is 1. The van der Waals surface area contributed by atoms with Crippen LogP contribution in [0, 0.1) is 0 Å². The van der Waals surface area contributed by atoms with Crippen molar-refractivity contribution < 1.29 is 9.53 Å². The van der Waals surface area contributed by atoms with E-state index in [9.17, 15) is 4.79 Å². The van der Waals surface area contributed by atoms with Gasteiger partial charge in [-0.15, -0.1) is 0 Å². The molecular formula is C18H15ClN2O2. The minimum absolute atomic E-state index is 0.141. The van der Waals surface area contributed by atoms with Gasteiger partial charge in [0.15, 0.2) is 5.78 Å². The van der Waals surface area contributed by atoms with Crippen LogP contribution >= 0.6 is 11.6 Å². The smallest absolute Gasteiger partial charge is 0.197 e. The van der Waals surface area contributed by atoms with Gasteiger partial charge in [-0.3, -0.25) is 4.79 Å². The zero-order valence-electron chi connectivity index (χ0n) is 12.8. The Balaban J connectivity index is 2.19. The lowest BCUT2D eigenvalue weighted by molar-refractivity contribution is 0.105. The van der Waals surface area contributed by atoms with E-state index in [1.807, 2.05) is 38.4 Å². The number of nitrogens with zero attached hydrogens (tertiary/aromatic N) is 2. The summed E-state index contributed by atoms with van der Waals surface area (Å²) >= 11 is 6.04. The fourth-order valence-electron chi connectivity index (χ4n) is 2.34. The van der Waals surface area contributed by atoms with Gasteiger partial charge in [0.1, 0.15) is 11.5 Å². The third-order valence-electron chi connectivity index (χ3n) is 3.37. The van der Waals surface area contributed by atoms with Gasteiger partial charge in [0.25, 0.3) is 0 Å². The first-order chi connectivity index (χ1) is 11.1. The van der Waals surface area contributed by atoms with Crippen molar-refractivity contribution in [3.8, 4) is 11.5 Å². The first kappa shape index (κ1) is 15.3. The van der Waals surface area contributed by atoms with Crippen LogP contribution in [0.4, 0.5) is 0 Å². The molecule has 0 fully saturated rings. The molecule has 116 valence electrons. The molecule has 0 bridgehead atoms. The van der Waals surface area contributed by atoms with Crippen LogP contribution in [0.2, 0.25) is 5.02 Å². The monoisotopic (exact) mass is 326 g/mol. The molecule has 2 aromatic carbocycles. The zero-order valence-corrected chi connectivity index (χ0v) is 13.5. The highest BCUT2D eigenvalue weighted by Gasteiger charge is 2.25. The van der Waals surface area contributed by atoms with E-state index in [0.29, 0.717) is 27.7 Å². The Bertz CT molecular complexity index is 826. The van der Waals surface area contributed by atoms with Crippen molar-refractivity contribution in [3.63, 3.8) is 0 Å². The fraction of sp³-hybridized carbons (Fsp3) is 0.111. The van der Waals surface area contributed by atoms with Crippen LogP contribution in [0.25, 0.3) is 5.57 Å². The highest BCUT2D eigenvalue weighted by Crippen LogP contribution is 2.39. The van der Waals surface area contributed by atoms with Crippen LogP contribution in [0.3, 0.4) is 0 Å². The molecule has 23 heavy (non-hydrogen) atoms. The number of carbonyl (C=O) groups is 1. The summed E-state index contributed by atoms with van der Waals surface area (Å²) in [6, 6.07) is 12.5. The predicted molar refractivity (Wildman–Crippen MR) is 92.5 cm³/mol. The average Bonchev–Trinajstić information content (AvgIpc) is 2.63. The van der Waals surface area contributed by atoms with Crippen molar-refractivity contribution >= 4 is 29.2 Å². The summed E-state index contributed by atoms with van der Waals surface area (Å²) in [4.78, 5) is 12.9. The van der Waals surface area contributed by atoms with Gasteiger partial charge < -0.3 is 9.75 Å². The van der Waals surface area contributed by atoms with E-state index in [2.05, 4.69) is 5.10 Å². The molecule has 3 rings (SSSR count). The fourth-order valence-corrected chi connectivity index (χ4v) is 2.51. The Morgan fingerprint density at radius 1 is 1.09 bits per heavy atom. The van der Waals surface area contributed by atoms with E-state index in [-0.39, 0.29) is 5.78 Å². The Morgan fingerprint density at radius 2 is 1.83 bits per heavy atom. The molecule has 0 N–H and O–H groups in total. The molecule has 0 radical (unpaired) electrons. The Kier molecular flexibility index (Phi) is 4.17. The van der Waals surface area contributed by atoms with E-state index >= 15 is 0 Å². The number of Topliss-reactive ketones (excluding diaryl/α,β-unsaturated/α-hetero) is 1. The number of hydrogen-bond acceptors (Lipinski definition) is 4. The number of benzene rings is 2. The van der Waals surface area contributed by atoms with Crippen LogP contribution < -0.4 is 4.74 Å². The summed E-state index contributed by atoms with van der Waals surface area (Å²) in [5, 5.41) is 6.29. The van der Waals surface area contributed by atoms with E-state index < -0.39 is 0 Å². The number of allylic oxidation sites excluding steroid dienone is 2. The molecule has 0 aliphatic carbocycles. The molecular weight excluding hydrogens is 312 g/mol. The molecule has 4 nitrogen and oxygen atoms in total. The number of hydrazone groups is 1. The normalized spacial score (nSPS) is 15.1. The maximum Gasteiger partial charge on any atom is 0.197 e. The predicted octanol–water partition coefficient (Wildman–Crippen LogP) is 4.26. The maximum atomic E-state index is 12.9. The zero-order chi connectivity index (χ0) is 16.4. The maximum absolute atomic E-state index is 12.9. The lowest BCUT2D eigenvalue weighted by Crippen LogP contribution is -2.03. The van der Waals surface area contributed by atoms with Crippen molar-refractivity contribution in [3.05, 3.63) is 64.7 Å². The third-order valence-corrected chi connectivity index (χ3v) is 3.60. The molecule has 0 saturated heterocycles. The molecule has 0 atom stereocenters. The molecule has 2 aromatic rings. The van der Waals surface area contributed by atoms with E-state index in [1.165, 1.54) is 0 Å². The molecule has 5 heteroatoms. The molecule has 0 amide bonds. The number of rotatable bonds is 2. The minimum atomic E-state index is -0.141. The summed E-state index contributed by atoms with van der Waals surface area (Å²) < 4.78 is 5.91. The SMILES string of the molecule is CN(C)/N=C/C=C1\C(=O)c2cc(Cl)ccc2Oc2ccccc21. The van der Waals surface area contributed by atoms with Gasteiger partial charge in [0.05, 0.1) is 5.56 Å². The summed E-state index contributed by atoms with van der Waals surface area (Å²) in [7, 11) is 3.63. The number of halogens is 1. The number of carbonyl (C=O) groups excluding carboxylic acids is 1. The minimum Gasteiger partial charge on any atom is -0.456 e. The van der Waals surface area contributed by atoms with Crippen LogP contribution in [-0.4, -0.2) is 31.1 Å². The van der Waals surface area contributed by atoms with Crippen LogP contribution in [0.1, 0.15) is 15.9 Å². The van der Waals surface area contributed by atoms with Crippen molar-refractivity contribution in [2.45, 2.75) is 0 Å². The Labute approximate surface area is 139 Å². The first-order valence-corrected chi connectivity index (χ1v) is 7.47. The second-order valence-electron chi connectivity index (χ2n) is 5.26. The van der Waals surface area contributed by atoms with Gasteiger partial charge in [-0.1, -0.05) is 29.8 Å². The van der Waals surface area contributed by atoms with E-state index in [4.69, 9.17) is 16.3 Å². The number of hydrogen-bond donors (Lipinski definition) is 0. The standard InChI is InChI=1S/C18H15ClN2O2/c1-21(2)20-10-9-14-13-5-3-4-6-16(13)23-17-8-7-12(19)11-15(17)18(14)22/h3-11H,1-2H3/b14-9-,20-10+. The van der Waals surface area contributed by atoms with Crippen molar-refractivity contribution in [1.82, 2.24) is 5.01 Å². The van der Waals surface area contributed by atoms with Gasteiger partial charge in [-0.2, -0.15) is 5.10 Å². The first-order valence-electron chi connectivity index (χ1n) is 7.09. The third kappa shape index (κ3) is 3.12. The molecule has 0 aromatic heterocycles. The number of para-hydroxylation sites is 1.